The Bertz CT molecular complexity index is 912. The van der Waals surface area contributed by atoms with Crippen molar-refractivity contribution in [2.24, 2.45) is 7.05 Å². The van der Waals surface area contributed by atoms with Crippen LogP contribution in [0.15, 0.2) is 53.7 Å². The van der Waals surface area contributed by atoms with Gasteiger partial charge in [-0.25, -0.2) is 13.4 Å². The molecule has 0 saturated heterocycles. The van der Waals surface area contributed by atoms with Crippen molar-refractivity contribution in [1.29, 1.82) is 0 Å². The average Bonchev–Trinajstić information content (AvgIpc) is 2.89. The van der Waals surface area contributed by atoms with Crippen molar-refractivity contribution in [2.75, 3.05) is 4.72 Å². The van der Waals surface area contributed by atoms with E-state index in [1.54, 1.807) is 36.7 Å². The molecule has 0 atom stereocenters. The summed E-state index contributed by atoms with van der Waals surface area (Å²) in [5.74, 6) is 0. The van der Waals surface area contributed by atoms with Gasteiger partial charge in [0.1, 0.15) is 0 Å². The molecule has 0 spiro atoms. The molecule has 0 fully saturated rings. The summed E-state index contributed by atoms with van der Waals surface area (Å²) < 4.78 is 29.4. The van der Waals surface area contributed by atoms with Crippen LogP contribution in [0, 0.1) is 0 Å². The molecule has 0 radical (unpaired) electrons. The standard InChI is InChI=1S/C16H17N3O2S/c1-3-12-4-6-13(7-5-12)18-22(20,21)14-8-9-16-15(10-14)17-11-19(16)2/h4-11,18H,3H2,1-2H3. The predicted molar refractivity (Wildman–Crippen MR) is 87.3 cm³/mol. The summed E-state index contributed by atoms with van der Waals surface area (Å²) in [5.41, 5.74) is 3.27. The summed E-state index contributed by atoms with van der Waals surface area (Å²) in [7, 11) is -1.74. The second-order valence-corrected chi connectivity index (χ2v) is 6.84. The Morgan fingerprint density at radius 1 is 1.14 bits per heavy atom. The van der Waals surface area contributed by atoms with Crippen molar-refractivity contribution in [1.82, 2.24) is 9.55 Å². The Kier molecular flexibility index (Phi) is 3.62. The Morgan fingerprint density at radius 3 is 2.55 bits per heavy atom. The van der Waals surface area contributed by atoms with Crippen LogP contribution in [-0.2, 0) is 23.5 Å². The van der Waals surface area contributed by atoms with Gasteiger partial charge in [0.15, 0.2) is 0 Å². The summed E-state index contributed by atoms with van der Waals surface area (Å²) in [6, 6.07) is 12.3. The topological polar surface area (TPSA) is 64.0 Å². The first kappa shape index (κ1) is 14.6. The molecule has 0 aliphatic heterocycles. The van der Waals surface area contributed by atoms with Crippen LogP contribution < -0.4 is 4.72 Å². The number of aromatic nitrogens is 2. The van der Waals surface area contributed by atoms with Crippen molar-refractivity contribution in [3.63, 3.8) is 0 Å². The van der Waals surface area contributed by atoms with E-state index in [0.717, 1.165) is 17.5 Å². The van der Waals surface area contributed by atoms with Crippen LogP contribution in [0.5, 0.6) is 0 Å². The molecule has 3 rings (SSSR count). The zero-order valence-electron chi connectivity index (χ0n) is 12.4. The van der Waals surface area contributed by atoms with Gasteiger partial charge in [-0.05, 0) is 42.3 Å². The van der Waals surface area contributed by atoms with Crippen molar-refractivity contribution in [3.8, 4) is 0 Å². The number of nitrogens with zero attached hydrogens (tertiary/aromatic N) is 2. The van der Waals surface area contributed by atoms with E-state index < -0.39 is 10.0 Å². The number of hydrogen-bond donors (Lipinski definition) is 1. The van der Waals surface area contributed by atoms with Gasteiger partial charge in [-0.2, -0.15) is 0 Å². The molecule has 2 aromatic carbocycles. The number of aryl methyl sites for hydroxylation is 2. The Hall–Kier alpha value is -2.34. The Labute approximate surface area is 129 Å². The largest absolute Gasteiger partial charge is 0.334 e. The highest BCUT2D eigenvalue weighted by molar-refractivity contribution is 7.92. The lowest BCUT2D eigenvalue weighted by atomic mass is 10.2. The summed E-state index contributed by atoms with van der Waals surface area (Å²) in [5, 5.41) is 0. The maximum Gasteiger partial charge on any atom is 0.261 e. The Morgan fingerprint density at radius 2 is 1.86 bits per heavy atom. The first-order chi connectivity index (χ1) is 10.5. The first-order valence-corrected chi connectivity index (χ1v) is 8.51. The highest BCUT2D eigenvalue weighted by Crippen LogP contribution is 2.20. The molecule has 0 unspecified atom stereocenters. The SMILES string of the molecule is CCc1ccc(NS(=O)(=O)c2ccc3c(c2)ncn3C)cc1. The van der Waals surface area contributed by atoms with Gasteiger partial charge in [0.2, 0.25) is 0 Å². The van der Waals surface area contributed by atoms with E-state index in [0.29, 0.717) is 11.2 Å². The van der Waals surface area contributed by atoms with E-state index in [-0.39, 0.29) is 4.90 Å². The number of fused-ring (bicyclic) bond motifs is 1. The van der Waals surface area contributed by atoms with E-state index in [9.17, 15) is 8.42 Å². The molecule has 1 N–H and O–H groups in total. The highest BCUT2D eigenvalue weighted by atomic mass is 32.2. The zero-order valence-corrected chi connectivity index (χ0v) is 13.3. The number of nitrogens with one attached hydrogen (secondary N) is 1. The average molecular weight is 315 g/mol. The maximum atomic E-state index is 12.5. The van der Waals surface area contributed by atoms with Crippen LogP contribution in [0.1, 0.15) is 12.5 Å². The molecule has 3 aromatic rings. The quantitative estimate of drug-likeness (QED) is 0.805. The Balaban J connectivity index is 1.92. The molecular formula is C16H17N3O2S. The molecule has 0 amide bonds. The minimum atomic E-state index is -3.61. The van der Waals surface area contributed by atoms with Crippen LogP contribution in [0.3, 0.4) is 0 Å². The van der Waals surface area contributed by atoms with Crippen LogP contribution in [0.25, 0.3) is 11.0 Å². The van der Waals surface area contributed by atoms with E-state index in [4.69, 9.17) is 0 Å². The fraction of sp³-hybridized carbons (Fsp3) is 0.188. The summed E-state index contributed by atoms with van der Waals surface area (Å²) >= 11 is 0. The minimum Gasteiger partial charge on any atom is -0.334 e. The summed E-state index contributed by atoms with van der Waals surface area (Å²) in [4.78, 5) is 4.40. The van der Waals surface area contributed by atoms with Gasteiger partial charge in [-0.1, -0.05) is 19.1 Å². The van der Waals surface area contributed by atoms with Crippen molar-refractivity contribution >= 4 is 26.7 Å². The molecule has 22 heavy (non-hydrogen) atoms. The lowest BCUT2D eigenvalue weighted by Gasteiger charge is -2.09. The van der Waals surface area contributed by atoms with Crippen molar-refractivity contribution in [2.45, 2.75) is 18.2 Å². The highest BCUT2D eigenvalue weighted by Gasteiger charge is 2.15. The van der Waals surface area contributed by atoms with Crippen LogP contribution >= 0.6 is 0 Å². The first-order valence-electron chi connectivity index (χ1n) is 7.02. The molecule has 1 aromatic heterocycles. The predicted octanol–water partition coefficient (Wildman–Crippen LogP) is 2.94. The van der Waals surface area contributed by atoms with Gasteiger partial charge in [0.25, 0.3) is 10.0 Å². The molecule has 0 aliphatic carbocycles. The summed E-state index contributed by atoms with van der Waals surface area (Å²) in [6.07, 6.45) is 2.58. The molecule has 114 valence electrons. The normalized spacial score (nSPS) is 11.7. The fourth-order valence-corrected chi connectivity index (χ4v) is 3.38. The zero-order chi connectivity index (χ0) is 15.7. The van der Waals surface area contributed by atoms with E-state index in [1.165, 1.54) is 0 Å². The molecular weight excluding hydrogens is 298 g/mol. The second-order valence-electron chi connectivity index (χ2n) is 5.16. The van der Waals surface area contributed by atoms with Crippen molar-refractivity contribution < 1.29 is 8.42 Å². The van der Waals surface area contributed by atoms with Crippen LogP contribution in [0.4, 0.5) is 5.69 Å². The number of imidazole rings is 1. The lowest BCUT2D eigenvalue weighted by molar-refractivity contribution is 0.601. The second kappa shape index (κ2) is 5.46. The third-order valence-corrected chi connectivity index (χ3v) is 5.00. The third kappa shape index (κ3) is 2.69. The molecule has 0 aliphatic rings. The van der Waals surface area contributed by atoms with Crippen molar-refractivity contribution in [3.05, 3.63) is 54.4 Å². The van der Waals surface area contributed by atoms with Crippen LogP contribution in [0.2, 0.25) is 0 Å². The van der Waals surface area contributed by atoms with Gasteiger partial charge in [0.05, 0.1) is 22.3 Å². The number of sulfonamides is 1. The lowest BCUT2D eigenvalue weighted by Crippen LogP contribution is -2.12. The number of benzene rings is 2. The van der Waals surface area contributed by atoms with Crippen LogP contribution in [-0.4, -0.2) is 18.0 Å². The van der Waals surface area contributed by atoms with Gasteiger partial charge >= 0.3 is 0 Å². The number of anilines is 1. The molecule has 1 heterocycles. The maximum absolute atomic E-state index is 12.5. The summed E-state index contributed by atoms with van der Waals surface area (Å²) in [6.45, 7) is 2.06. The molecule has 6 heteroatoms. The van der Waals surface area contributed by atoms with Gasteiger partial charge in [-0.15, -0.1) is 0 Å². The van der Waals surface area contributed by atoms with Gasteiger partial charge < -0.3 is 4.57 Å². The third-order valence-electron chi connectivity index (χ3n) is 3.62. The smallest absolute Gasteiger partial charge is 0.261 e. The van der Waals surface area contributed by atoms with Gasteiger partial charge in [0, 0.05) is 12.7 Å². The molecule has 5 nitrogen and oxygen atoms in total. The van der Waals surface area contributed by atoms with E-state index in [2.05, 4.69) is 16.6 Å². The van der Waals surface area contributed by atoms with E-state index in [1.807, 2.05) is 23.7 Å². The van der Waals surface area contributed by atoms with Gasteiger partial charge in [-0.3, -0.25) is 4.72 Å². The minimum absolute atomic E-state index is 0.207. The van der Waals surface area contributed by atoms with E-state index >= 15 is 0 Å². The number of hydrogen-bond acceptors (Lipinski definition) is 3. The molecule has 0 saturated carbocycles. The number of rotatable bonds is 4. The fourth-order valence-electron chi connectivity index (χ4n) is 2.31. The monoisotopic (exact) mass is 315 g/mol. The molecule has 0 bridgehead atoms.